The number of para-hydroxylation sites is 1. The summed E-state index contributed by atoms with van der Waals surface area (Å²) in [6.07, 6.45) is 3.95. The van der Waals surface area contributed by atoms with Crippen molar-refractivity contribution in [1.29, 1.82) is 0 Å². The molecule has 2 heterocycles. The molecule has 4 rings (SSSR count). The van der Waals surface area contributed by atoms with E-state index in [1.807, 2.05) is 31.2 Å². The van der Waals surface area contributed by atoms with Crippen LogP contribution in [0.1, 0.15) is 55.1 Å². The molecule has 7 heteroatoms. The molecule has 3 N–H and O–H groups in total. The number of benzene rings is 1. The Balaban J connectivity index is 1.46. The molecule has 1 aromatic carbocycles. The molecule has 0 saturated heterocycles. The summed E-state index contributed by atoms with van der Waals surface area (Å²) in [6, 6.07) is 7.56. The number of carbonyl (C=O) groups excluding carboxylic acids is 1. The van der Waals surface area contributed by atoms with Gasteiger partial charge in [0.05, 0.1) is 18.0 Å². The first-order chi connectivity index (χ1) is 14.5. The number of rotatable bonds is 6. The fourth-order valence-electron chi connectivity index (χ4n) is 4.06. The predicted molar refractivity (Wildman–Crippen MR) is 122 cm³/mol. The van der Waals surface area contributed by atoms with Gasteiger partial charge in [-0.15, -0.1) is 11.3 Å². The molecule has 0 saturated carbocycles. The fraction of sp³-hybridized carbons (Fsp3) is 0.435. The molecule has 0 bridgehead atoms. The van der Waals surface area contributed by atoms with Gasteiger partial charge in [-0.2, -0.15) is 0 Å². The molecule has 0 aliphatic heterocycles. The lowest BCUT2D eigenvalue weighted by Gasteiger charge is -2.17. The van der Waals surface area contributed by atoms with E-state index in [9.17, 15) is 9.59 Å². The molecule has 0 fully saturated rings. The number of hydrogen-bond acceptors (Lipinski definition) is 5. The van der Waals surface area contributed by atoms with Gasteiger partial charge in [-0.05, 0) is 55.7 Å². The monoisotopic (exact) mass is 424 g/mol. The van der Waals surface area contributed by atoms with Gasteiger partial charge in [-0.25, -0.2) is 4.98 Å². The molecule has 1 aliphatic carbocycles. The number of amides is 1. The van der Waals surface area contributed by atoms with E-state index in [0.29, 0.717) is 11.7 Å². The molecule has 3 aromatic rings. The Hall–Kier alpha value is -2.51. The van der Waals surface area contributed by atoms with Crippen LogP contribution in [-0.2, 0) is 24.1 Å². The van der Waals surface area contributed by atoms with Crippen LogP contribution in [0, 0.1) is 5.92 Å². The summed E-state index contributed by atoms with van der Waals surface area (Å²) in [5, 5.41) is 6.89. The molecule has 1 amide bonds. The molecule has 158 valence electrons. The van der Waals surface area contributed by atoms with Gasteiger partial charge in [0.25, 0.3) is 5.56 Å². The SMILES string of the molecule is CCc1ccccc1NC(=O)CN[C@@H](C)c1nc2sc3c(c2c(=O)[nH]1)CC[C@@H](C)C3. The van der Waals surface area contributed by atoms with Crippen molar-refractivity contribution >= 4 is 33.1 Å². The second-order valence-electron chi connectivity index (χ2n) is 8.14. The van der Waals surface area contributed by atoms with Crippen molar-refractivity contribution in [3.05, 3.63) is 56.4 Å². The number of nitrogens with zero attached hydrogens (tertiary/aromatic N) is 1. The Kier molecular flexibility index (Phi) is 6.01. The van der Waals surface area contributed by atoms with Crippen LogP contribution in [-0.4, -0.2) is 22.4 Å². The maximum Gasteiger partial charge on any atom is 0.259 e. The summed E-state index contributed by atoms with van der Waals surface area (Å²) >= 11 is 1.64. The number of thiophene rings is 1. The summed E-state index contributed by atoms with van der Waals surface area (Å²) in [7, 11) is 0. The van der Waals surface area contributed by atoms with Crippen molar-refractivity contribution in [1.82, 2.24) is 15.3 Å². The smallest absolute Gasteiger partial charge is 0.259 e. The highest BCUT2D eigenvalue weighted by Crippen LogP contribution is 2.35. The Bertz CT molecular complexity index is 1130. The number of aromatic amines is 1. The molecular weight excluding hydrogens is 396 g/mol. The fourth-order valence-corrected chi connectivity index (χ4v) is 5.45. The van der Waals surface area contributed by atoms with Crippen molar-refractivity contribution in [3.63, 3.8) is 0 Å². The van der Waals surface area contributed by atoms with Gasteiger partial charge in [0.2, 0.25) is 5.91 Å². The van der Waals surface area contributed by atoms with Crippen molar-refractivity contribution in [2.75, 3.05) is 11.9 Å². The van der Waals surface area contributed by atoms with E-state index in [4.69, 9.17) is 4.98 Å². The van der Waals surface area contributed by atoms with Crippen LogP contribution >= 0.6 is 11.3 Å². The molecule has 30 heavy (non-hydrogen) atoms. The van der Waals surface area contributed by atoms with Crippen molar-refractivity contribution < 1.29 is 4.79 Å². The lowest BCUT2D eigenvalue weighted by molar-refractivity contribution is -0.115. The van der Waals surface area contributed by atoms with E-state index in [2.05, 4.69) is 29.5 Å². The molecule has 2 aromatic heterocycles. The number of carbonyl (C=O) groups is 1. The third-order valence-corrected chi connectivity index (χ3v) is 6.98. The number of aryl methyl sites for hydroxylation is 2. The minimum Gasteiger partial charge on any atom is -0.325 e. The van der Waals surface area contributed by atoms with Crippen LogP contribution in [0.2, 0.25) is 0 Å². The van der Waals surface area contributed by atoms with E-state index >= 15 is 0 Å². The van der Waals surface area contributed by atoms with Crippen LogP contribution in [0.15, 0.2) is 29.1 Å². The van der Waals surface area contributed by atoms with Gasteiger partial charge < -0.3 is 10.3 Å². The second-order valence-corrected chi connectivity index (χ2v) is 9.23. The zero-order valence-corrected chi connectivity index (χ0v) is 18.5. The maximum atomic E-state index is 12.8. The summed E-state index contributed by atoms with van der Waals surface area (Å²) < 4.78 is 0. The number of H-pyrrole nitrogens is 1. The Morgan fingerprint density at radius 3 is 2.97 bits per heavy atom. The van der Waals surface area contributed by atoms with Crippen molar-refractivity contribution in [2.45, 2.75) is 52.5 Å². The largest absolute Gasteiger partial charge is 0.325 e. The Morgan fingerprint density at radius 1 is 1.37 bits per heavy atom. The van der Waals surface area contributed by atoms with E-state index in [1.165, 1.54) is 10.4 Å². The van der Waals surface area contributed by atoms with E-state index in [-0.39, 0.29) is 24.1 Å². The lowest BCUT2D eigenvalue weighted by Crippen LogP contribution is -2.32. The average Bonchev–Trinajstić information content (AvgIpc) is 3.10. The average molecular weight is 425 g/mol. The number of anilines is 1. The molecular formula is C23H28N4O2S. The zero-order chi connectivity index (χ0) is 21.3. The summed E-state index contributed by atoms with van der Waals surface area (Å²) in [5.74, 6) is 1.11. The summed E-state index contributed by atoms with van der Waals surface area (Å²) in [6.45, 7) is 6.37. The minimum atomic E-state index is -0.243. The summed E-state index contributed by atoms with van der Waals surface area (Å²) in [4.78, 5) is 34.9. The normalized spacial score (nSPS) is 17.0. The lowest BCUT2D eigenvalue weighted by atomic mass is 9.89. The summed E-state index contributed by atoms with van der Waals surface area (Å²) in [5.41, 5.74) is 3.05. The number of fused-ring (bicyclic) bond motifs is 3. The molecule has 0 spiro atoms. The van der Waals surface area contributed by atoms with E-state index in [1.54, 1.807) is 11.3 Å². The van der Waals surface area contributed by atoms with Crippen LogP contribution < -0.4 is 16.2 Å². The van der Waals surface area contributed by atoms with Crippen molar-refractivity contribution in [2.24, 2.45) is 5.92 Å². The van der Waals surface area contributed by atoms with Gasteiger partial charge in [0.15, 0.2) is 0 Å². The Labute approximate surface area is 180 Å². The quantitative estimate of drug-likeness (QED) is 0.559. The van der Waals surface area contributed by atoms with Gasteiger partial charge in [-0.1, -0.05) is 32.0 Å². The van der Waals surface area contributed by atoms with Crippen LogP contribution in [0.3, 0.4) is 0 Å². The predicted octanol–water partition coefficient (Wildman–Crippen LogP) is 3.96. The number of aromatic nitrogens is 2. The highest BCUT2D eigenvalue weighted by molar-refractivity contribution is 7.18. The first kappa shape index (κ1) is 20.8. The van der Waals surface area contributed by atoms with Gasteiger partial charge in [0, 0.05) is 10.6 Å². The molecule has 6 nitrogen and oxygen atoms in total. The zero-order valence-electron chi connectivity index (χ0n) is 17.7. The maximum absolute atomic E-state index is 12.8. The standard InChI is InChI=1S/C23H28N4O2S/c1-4-15-7-5-6-8-17(15)25-19(28)12-24-14(3)21-26-22(29)20-16-10-9-13(2)11-18(16)30-23(20)27-21/h5-8,13-14,24H,4,9-12H2,1-3H3,(H,25,28)(H,26,27,29)/t13-,14+/m1/s1. The molecule has 0 unspecified atom stereocenters. The highest BCUT2D eigenvalue weighted by Gasteiger charge is 2.23. The third-order valence-electron chi connectivity index (χ3n) is 5.84. The van der Waals surface area contributed by atoms with Crippen LogP contribution in [0.5, 0.6) is 0 Å². The van der Waals surface area contributed by atoms with Crippen LogP contribution in [0.4, 0.5) is 5.69 Å². The number of nitrogens with one attached hydrogen (secondary N) is 3. The van der Waals surface area contributed by atoms with Crippen molar-refractivity contribution in [3.8, 4) is 0 Å². The molecule has 0 radical (unpaired) electrons. The van der Waals surface area contributed by atoms with E-state index < -0.39 is 0 Å². The molecule has 1 aliphatic rings. The van der Waals surface area contributed by atoms with Gasteiger partial charge in [0.1, 0.15) is 10.7 Å². The second kappa shape index (κ2) is 8.70. The van der Waals surface area contributed by atoms with Crippen LogP contribution in [0.25, 0.3) is 10.2 Å². The molecule has 2 atom stereocenters. The topological polar surface area (TPSA) is 86.9 Å². The highest BCUT2D eigenvalue weighted by atomic mass is 32.1. The van der Waals surface area contributed by atoms with Gasteiger partial charge in [-0.3, -0.25) is 14.9 Å². The van der Waals surface area contributed by atoms with E-state index in [0.717, 1.165) is 47.2 Å². The first-order valence-corrected chi connectivity index (χ1v) is 11.4. The minimum absolute atomic E-state index is 0.0722. The third kappa shape index (κ3) is 4.18. The Morgan fingerprint density at radius 2 is 2.17 bits per heavy atom. The van der Waals surface area contributed by atoms with Gasteiger partial charge >= 0.3 is 0 Å². The number of hydrogen-bond donors (Lipinski definition) is 3. The first-order valence-electron chi connectivity index (χ1n) is 10.6.